The molecule has 7 heteroatoms. The molecule has 1 N–H and O–H groups in total. The number of nitrogens with one attached hydrogen (secondary N) is 1. The van der Waals surface area contributed by atoms with E-state index in [1.165, 1.54) is 4.90 Å². The van der Waals surface area contributed by atoms with Gasteiger partial charge in [-0.15, -0.1) is 0 Å². The number of hydrogen-bond donors (Lipinski definition) is 1. The van der Waals surface area contributed by atoms with E-state index in [2.05, 4.69) is 5.32 Å². The number of halogens is 2. The molecular formula is C24H30Cl2N2O3. The Morgan fingerprint density at radius 3 is 2.32 bits per heavy atom. The van der Waals surface area contributed by atoms with Gasteiger partial charge in [-0.2, -0.15) is 0 Å². The lowest BCUT2D eigenvalue weighted by atomic mass is 10.1. The van der Waals surface area contributed by atoms with Gasteiger partial charge >= 0.3 is 0 Å². The molecule has 0 unspecified atom stereocenters. The molecule has 2 rings (SSSR count). The number of carbonyl (C=O) groups excluding carboxylic acids is 2. The Balaban J connectivity index is 2.24. The zero-order chi connectivity index (χ0) is 23.1. The van der Waals surface area contributed by atoms with Crippen LogP contribution in [0.2, 0.25) is 10.0 Å². The second-order valence-electron chi connectivity index (χ2n) is 8.09. The predicted molar refractivity (Wildman–Crippen MR) is 126 cm³/mol. The molecule has 2 amide bonds. The summed E-state index contributed by atoms with van der Waals surface area (Å²) < 4.78 is 5.80. The van der Waals surface area contributed by atoms with Crippen molar-refractivity contribution < 1.29 is 14.3 Å². The second kappa shape index (κ2) is 11.4. The van der Waals surface area contributed by atoms with Crippen LogP contribution >= 0.6 is 23.2 Å². The Morgan fingerprint density at radius 2 is 1.71 bits per heavy atom. The highest BCUT2D eigenvalue weighted by molar-refractivity contribution is 6.36. The number of benzene rings is 2. The highest BCUT2D eigenvalue weighted by Crippen LogP contribution is 2.27. The molecule has 0 saturated heterocycles. The van der Waals surface area contributed by atoms with Crippen LogP contribution in [0.5, 0.6) is 5.75 Å². The van der Waals surface area contributed by atoms with E-state index in [-0.39, 0.29) is 25.0 Å². The lowest BCUT2D eigenvalue weighted by Gasteiger charge is -2.29. The van der Waals surface area contributed by atoms with Gasteiger partial charge in [0.2, 0.25) is 5.91 Å². The Bertz CT molecular complexity index is 911. The normalized spacial score (nSPS) is 11.9. The van der Waals surface area contributed by atoms with Crippen LogP contribution in [0, 0.1) is 19.8 Å². The lowest BCUT2D eigenvalue weighted by Crippen LogP contribution is -2.49. The summed E-state index contributed by atoms with van der Waals surface area (Å²) in [5.41, 5.74) is 2.56. The molecule has 0 heterocycles. The van der Waals surface area contributed by atoms with E-state index in [4.69, 9.17) is 27.9 Å². The number of hydrogen-bond acceptors (Lipinski definition) is 3. The highest BCUT2D eigenvalue weighted by Gasteiger charge is 2.28. The molecule has 0 aliphatic carbocycles. The van der Waals surface area contributed by atoms with Gasteiger partial charge in [0.05, 0.1) is 0 Å². The molecule has 0 fully saturated rings. The van der Waals surface area contributed by atoms with E-state index in [1.807, 2.05) is 45.9 Å². The molecule has 31 heavy (non-hydrogen) atoms. The summed E-state index contributed by atoms with van der Waals surface area (Å²) in [5, 5.41) is 3.76. The fourth-order valence-corrected chi connectivity index (χ4v) is 3.49. The first-order chi connectivity index (χ1) is 14.6. The predicted octanol–water partition coefficient (Wildman–Crippen LogP) is 5.18. The van der Waals surface area contributed by atoms with Crippen molar-refractivity contribution in [2.45, 2.75) is 47.2 Å². The van der Waals surface area contributed by atoms with Crippen molar-refractivity contribution in [1.29, 1.82) is 0 Å². The van der Waals surface area contributed by atoms with Crippen molar-refractivity contribution in [3.05, 3.63) is 63.1 Å². The Hall–Kier alpha value is -2.24. The first-order valence-corrected chi connectivity index (χ1v) is 11.1. The third kappa shape index (κ3) is 7.15. The first kappa shape index (κ1) is 25.0. The van der Waals surface area contributed by atoms with Crippen molar-refractivity contribution in [2.24, 2.45) is 5.92 Å². The number of amides is 2. The second-order valence-corrected chi connectivity index (χ2v) is 8.91. The van der Waals surface area contributed by atoms with Gasteiger partial charge in [0.25, 0.3) is 5.91 Å². The summed E-state index contributed by atoms with van der Waals surface area (Å²) in [4.78, 5) is 27.3. The van der Waals surface area contributed by atoms with E-state index >= 15 is 0 Å². The summed E-state index contributed by atoms with van der Waals surface area (Å²) >= 11 is 12.6. The average molecular weight is 465 g/mol. The molecular weight excluding hydrogens is 435 g/mol. The third-order valence-corrected chi connectivity index (χ3v) is 5.65. The zero-order valence-corrected chi connectivity index (χ0v) is 20.2. The maximum atomic E-state index is 13.2. The molecule has 168 valence electrons. The van der Waals surface area contributed by atoms with Gasteiger partial charge < -0.3 is 15.0 Å². The Labute approximate surface area is 194 Å². The molecule has 2 aromatic carbocycles. The monoisotopic (exact) mass is 464 g/mol. The smallest absolute Gasteiger partial charge is 0.261 e. The van der Waals surface area contributed by atoms with Crippen LogP contribution < -0.4 is 10.1 Å². The van der Waals surface area contributed by atoms with Gasteiger partial charge in [0.15, 0.2) is 6.61 Å². The largest absolute Gasteiger partial charge is 0.483 e. The van der Waals surface area contributed by atoms with Gasteiger partial charge in [-0.25, -0.2) is 0 Å². The van der Waals surface area contributed by atoms with Gasteiger partial charge in [0, 0.05) is 28.7 Å². The number of carbonyl (C=O) groups is 2. The van der Waals surface area contributed by atoms with Crippen molar-refractivity contribution >= 4 is 35.0 Å². The summed E-state index contributed by atoms with van der Waals surface area (Å²) in [5.74, 6) is 0.369. The summed E-state index contributed by atoms with van der Waals surface area (Å²) in [7, 11) is 0. The Kier molecular flexibility index (Phi) is 9.20. The standard InChI is InChI=1S/C24H30Cl2N2O3/c1-15(2)12-27-24(30)18(5)28(13-19-20(25)7-6-8-21(19)26)23(29)14-31-22-11-16(3)9-10-17(22)4/h6-11,15,18H,12-14H2,1-5H3,(H,27,30)/t18-/m1/s1. The van der Waals surface area contributed by atoms with E-state index in [0.717, 1.165) is 11.1 Å². The van der Waals surface area contributed by atoms with E-state index < -0.39 is 6.04 Å². The molecule has 0 radical (unpaired) electrons. The SMILES string of the molecule is Cc1ccc(C)c(OCC(=O)N(Cc2c(Cl)cccc2Cl)[C@H](C)C(=O)NCC(C)C)c1. The van der Waals surface area contributed by atoms with Crippen LogP contribution in [-0.2, 0) is 16.1 Å². The molecule has 1 atom stereocenters. The van der Waals surface area contributed by atoms with Crippen LogP contribution in [0.15, 0.2) is 36.4 Å². The molecule has 0 aliphatic rings. The average Bonchev–Trinajstić information content (AvgIpc) is 2.71. The minimum absolute atomic E-state index is 0.101. The molecule has 0 spiro atoms. The number of nitrogens with zero attached hydrogens (tertiary/aromatic N) is 1. The van der Waals surface area contributed by atoms with Crippen LogP contribution in [0.25, 0.3) is 0 Å². The summed E-state index contributed by atoms with van der Waals surface area (Å²) in [6, 6.07) is 10.2. The summed E-state index contributed by atoms with van der Waals surface area (Å²) in [6.07, 6.45) is 0. The van der Waals surface area contributed by atoms with E-state index in [1.54, 1.807) is 25.1 Å². The molecule has 2 aromatic rings. The van der Waals surface area contributed by atoms with E-state index in [0.29, 0.717) is 33.8 Å². The fraction of sp³-hybridized carbons (Fsp3) is 0.417. The third-order valence-electron chi connectivity index (χ3n) is 4.94. The van der Waals surface area contributed by atoms with Gasteiger partial charge in [0.1, 0.15) is 11.8 Å². The van der Waals surface area contributed by atoms with Gasteiger partial charge in [-0.05, 0) is 56.0 Å². The molecule has 5 nitrogen and oxygen atoms in total. The first-order valence-electron chi connectivity index (χ1n) is 10.3. The number of rotatable bonds is 9. The Morgan fingerprint density at radius 1 is 1.06 bits per heavy atom. The molecule has 0 bridgehead atoms. The molecule has 0 saturated carbocycles. The van der Waals surface area contributed by atoms with Gasteiger partial charge in [-0.3, -0.25) is 9.59 Å². The van der Waals surface area contributed by atoms with Crippen LogP contribution in [0.3, 0.4) is 0 Å². The lowest BCUT2D eigenvalue weighted by molar-refractivity contribution is -0.142. The van der Waals surface area contributed by atoms with Crippen molar-refractivity contribution in [2.75, 3.05) is 13.2 Å². The quantitative estimate of drug-likeness (QED) is 0.555. The van der Waals surface area contributed by atoms with E-state index in [9.17, 15) is 9.59 Å². The minimum atomic E-state index is -0.721. The van der Waals surface area contributed by atoms with Crippen molar-refractivity contribution in [3.8, 4) is 5.75 Å². The molecule has 0 aliphatic heterocycles. The highest BCUT2D eigenvalue weighted by atomic mass is 35.5. The van der Waals surface area contributed by atoms with Crippen LogP contribution in [0.1, 0.15) is 37.5 Å². The van der Waals surface area contributed by atoms with Crippen molar-refractivity contribution in [3.63, 3.8) is 0 Å². The minimum Gasteiger partial charge on any atom is -0.483 e. The number of ether oxygens (including phenoxy) is 1. The summed E-state index contributed by atoms with van der Waals surface area (Å²) in [6.45, 7) is 10.0. The maximum absolute atomic E-state index is 13.2. The topological polar surface area (TPSA) is 58.6 Å². The zero-order valence-electron chi connectivity index (χ0n) is 18.7. The van der Waals surface area contributed by atoms with Crippen LogP contribution in [0.4, 0.5) is 0 Å². The van der Waals surface area contributed by atoms with Crippen LogP contribution in [-0.4, -0.2) is 35.9 Å². The maximum Gasteiger partial charge on any atom is 0.261 e. The number of aryl methyl sites for hydroxylation is 2. The van der Waals surface area contributed by atoms with Gasteiger partial charge in [-0.1, -0.05) is 55.2 Å². The van der Waals surface area contributed by atoms with Crippen molar-refractivity contribution in [1.82, 2.24) is 10.2 Å². The molecule has 0 aromatic heterocycles. The fourth-order valence-electron chi connectivity index (χ4n) is 2.97.